The Morgan fingerprint density at radius 1 is 1.11 bits per heavy atom. The predicted octanol–water partition coefficient (Wildman–Crippen LogP) is 2.37. The first kappa shape index (κ1) is 21.2. The Morgan fingerprint density at radius 3 is 2.39 bits per heavy atom. The van der Waals surface area contributed by atoms with Crippen molar-refractivity contribution in [1.82, 2.24) is 15.2 Å². The zero-order valence-corrected chi connectivity index (χ0v) is 16.8. The zero-order chi connectivity index (χ0) is 20.5. The van der Waals surface area contributed by atoms with Crippen molar-refractivity contribution in [3.63, 3.8) is 0 Å². The van der Waals surface area contributed by atoms with Crippen LogP contribution in [0.2, 0.25) is 0 Å². The Morgan fingerprint density at radius 2 is 1.79 bits per heavy atom. The van der Waals surface area contributed by atoms with Gasteiger partial charge >= 0.3 is 11.8 Å². The van der Waals surface area contributed by atoms with Crippen LogP contribution in [0.1, 0.15) is 31.0 Å². The summed E-state index contributed by atoms with van der Waals surface area (Å²) in [6, 6.07) is 8.84. The topological polar surface area (TPSA) is 80.8 Å². The Labute approximate surface area is 165 Å². The van der Waals surface area contributed by atoms with Crippen LogP contribution in [0.25, 0.3) is 0 Å². The van der Waals surface area contributed by atoms with Gasteiger partial charge in [-0.15, -0.1) is 0 Å². The van der Waals surface area contributed by atoms with Gasteiger partial charge in [0, 0.05) is 25.5 Å². The number of rotatable bonds is 8. The van der Waals surface area contributed by atoms with E-state index in [1.807, 2.05) is 32.0 Å². The molecular formula is C21H27N3O4. The number of likely N-dealkylation sites (N-methyl/N-ethyl adjacent to an activating group) is 1. The minimum Gasteiger partial charge on any atom is -0.493 e. The molecular weight excluding hydrogens is 358 g/mol. The van der Waals surface area contributed by atoms with Gasteiger partial charge in [0.25, 0.3) is 0 Å². The third-order valence-corrected chi connectivity index (χ3v) is 4.54. The number of ether oxygens (including phenoxy) is 2. The van der Waals surface area contributed by atoms with Crippen molar-refractivity contribution in [2.45, 2.75) is 26.3 Å². The SMILES string of the molecule is CCN(CCc1ccncc1)C(=O)C(=O)NC(C)c1ccc(OC)c(OC)c1. The molecule has 150 valence electrons. The van der Waals surface area contributed by atoms with E-state index >= 15 is 0 Å². The lowest BCUT2D eigenvalue weighted by atomic mass is 10.1. The number of nitrogens with one attached hydrogen (secondary N) is 1. The van der Waals surface area contributed by atoms with Crippen LogP contribution in [0, 0.1) is 0 Å². The summed E-state index contributed by atoms with van der Waals surface area (Å²) in [5, 5.41) is 2.76. The Bertz CT molecular complexity index is 795. The fourth-order valence-corrected chi connectivity index (χ4v) is 2.82. The van der Waals surface area contributed by atoms with Crippen molar-refractivity contribution in [3.8, 4) is 11.5 Å². The van der Waals surface area contributed by atoms with E-state index in [1.54, 1.807) is 38.7 Å². The van der Waals surface area contributed by atoms with Crippen LogP contribution in [0.15, 0.2) is 42.7 Å². The maximum atomic E-state index is 12.5. The highest BCUT2D eigenvalue weighted by atomic mass is 16.5. The first-order valence-electron chi connectivity index (χ1n) is 9.20. The van der Waals surface area contributed by atoms with E-state index in [1.165, 1.54) is 4.90 Å². The number of carbonyl (C=O) groups excluding carboxylic acids is 2. The predicted molar refractivity (Wildman–Crippen MR) is 106 cm³/mol. The molecule has 2 aromatic rings. The quantitative estimate of drug-likeness (QED) is 0.706. The number of hydrogen-bond donors (Lipinski definition) is 1. The molecule has 1 unspecified atom stereocenters. The number of nitrogens with zero attached hydrogens (tertiary/aromatic N) is 2. The monoisotopic (exact) mass is 385 g/mol. The second kappa shape index (κ2) is 10.3. The van der Waals surface area contributed by atoms with Crippen LogP contribution in [-0.2, 0) is 16.0 Å². The molecule has 0 spiro atoms. The normalized spacial score (nSPS) is 11.4. The van der Waals surface area contributed by atoms with Gasteiger partial charge in [-0.05, 0) is 55.7 Å². The fraction of sp³-hybridized carbons (Fsp3) is 0.381. The number of pyridine rings is 1. The number of hydrogen-bond acceptors (Lipinski definition) is 5. The second-order valence-corrected chi connectivity index (χ2v) is 6.30. The molecule has 0 aliphatic rings. The number of benzene rings is 1. The minimum atomic E-state index is -0.626. The summed E-state index contributed by atoms with van der Waals surface area (Å²) in [7, 11) is 3.11. The van der Waals surface area contributed by atoms with E-state index in [-0.39, 0.29) is 6.04 Å². The van der Waals surface area contributed by atoms with Gasteiger partial charge in [-0.3, -0.25) is 14.6 Å². The second-order valence-electron chi connectivity index (χ2n) is 6.30. The number of carbonyl (C=O) groups is 2. The molecule has 1 N–H and O–H groups in total. The van der Waals surface area contributed by atoms with E-state index in [9.17, 15) is 9.59 Å². The van der Waals surface area contributed by atoms with Crippen molar-refractivity contribution in [2.24, 2.45) is 0 Å². The van der Waals surface area contributed by atoms with Crippen molar-refractivity contribution in [3.05, 3.63) is 53.9 Å². The Balaban J connectivity index is 1.98. The molecule has 2 rings (SSSR count). The van der Waals surface area contributed by atoms with Crippen LogP contribution in [0.5, 0.6) is 11.5 Å². The summed E-state index contributed by atoms with van der Waals surface area (Å²) >= 11 is 0. The van der Waals surface area contributed by atoms with Gasteiger partial charge in [0.15, 0.2) is 11.5 Å². The maximum Gasteiger partial charge on any atom is 0.311 e. The third kappa shape index (κ3) is 5.45. The van der Waals surface area contributed by atoms with Gasteiger partial charge in [-0.2, -0.15) is 0 Å². The molecule has 7 heteroatoms. The van der Waals surface area contributed by atoms with Crippen LogP contribution in [-0.4, -0.2) is 49.0 Å². The van der Waals surface area contributed by atoms with Gasteiger partial charge in [0.05, 0.1) is 20.3 Å². The third-order valence-electron chi connectivity index (χ3n) is 4.54. The standard InChI is InChI=1S/C21H27N3O4/c1-5-24(13-10-16-8-11-22-12-9-16)21(26)20(25)23-15(2)17-6-7-18(27-3)19(14-17)28-4/h6-9,11-12,14-15H,5,10,13H2,1-4H3,(H,23,25). The molecule has 28 heavy (non-hydrogen) atoms. The van der Waals surface area contributed by atoms with Gasteiger partial charge in [-0.25, -0.2) is 0 Å². The smallest absolute Gasteiger partial charge is 0.311 e. The highest BCUT2D eigenvalue weighted by Gasteiger charge is 2.22. The number of amides is 2. The van der Waals surface area contributed by atoms with E-state index < -0.39 is 11.8 Å². The lowest BCUT2D eigenvalue weighted by Gasteiger charge is -2.22. The first-order valence-corrected chi connectivity index (χ1v) is 9.20. The minimum absolute atomic E-state index is 0.352. The molecule has 1 aromatic carbocycles. The Kier molecular flexibility index (Phi) is 7.80. The van der Waals surface area contributed by atoms with Gasteiger partial charge in [0.1, 0.15) is 0 Å². The molecule has 7 nitrogen and oxygen atoms in total. The highest BCUT2D eigenvalue weighted by molar-refractivity contribution is 6.35. The lowest BCUT2D eigenvalue weighted by molar-refractivity contribution is -0.146. The van der Waals surface area contributed by atoms with E-state index in [2.05, 4.69) is 10.3 Å². The van der Waals surface area contributed by atoms with Crippen molar-refractivity contribution < 1.29 is 19.1 Å². The summed E-state index contributed by atoms with van der Waals surface area (Å²) in [6.07, 6.45) is 4.09. The van der Waals surface area contributed by atoms with Crippen LogP contribution in [0.4, 0.5) is 0 Å². The van der Waals surface area contributed by atoms with Crippen LogP contribution >= 0.6 is 0 Å². The summed E-state index contributed by atoms with van der Waals surface area (Å²) in [5.74, 6) is 0.0110. The van der Waals surface area contributed by atoms with Crippen LogP contribution < -0.4 is 14.8 Å². The molecule has 0 aliphatic heterocycles. The molecule has 2 amide bonds. The zero-order valence-electron chi connectivity index (χ0n) is 16.8. The van der Waals surface area contributed by atoms with Gasteiger partial charge in [-0.1, -0.05) is 6.07 Å². The summed E-state index contributed by atoms with van der Waals surface area (Å²) in [5.41, 5.74) is 1.89. The molecule has 0 saturated heterocycles. The number of aromatic nitrogens is 1. The molecule has 0 radical (unpaired) electrons. The van der Waals surface area contributed by atoms with E-state index in [0.717, 1.165) is 11.1 Å². The maximum absolute atomic E-state index is 12.5. The fourth-order valence-electron chi connectivity index (χ4n) is 2.82. The van der Waals surface area contributed by atoms with Crippen molar-refractivity contribution in [1.29, 1.82) is 0 Å². The van der Waals surface area contributed by atoms with Gasteiger partial charge < -0.3 is 19.7 Å². The van der Waals surface area contributed by atoms with E-state index in [0.29, 0.717) is 31.0 Å². The lowest BCUT2D eigenvalue weighted by Crippen LogP contribution is -2.44. The van der Waals surface area contributed by atoms with E-state index in [4.69, 9.17) is 9.47 Å². The first-order chi connectivity index (χ1) is 13.5. The summed E-state index contributed by atoms with van der Waals surface area (Å²) in [4.78, 5) is 30.5. The van der Waals surface area contributed by atoms with Gasteiger partial charge in [0.2, 0.25) is 0 Å². The van der Waals surface area contributed by atoms with Crippen molar-refractivity contribution >= 4 is 11.8 Å². The largest absolute Gasteiger partial charge is 0.493 e. The summed E-state index contributed by atoms with van der Waals surface area (Å²) < 4.78 is 10.5. The molecule has 0 bridgehead atoms. The molecule has 1 aromatic heterocycles. The Hall–Kier alpha value is -3.09. The summed E-state index contributed by atoms with van der Waals surface area (Å²) in [6.45, 7) is 4.61. The van der Waals surface area contributed by atoms with Crippen molar-refractivity contribution in [2.75, 3.05) is 27.3 Å². The molecule has 1 atom stereocenters. The highest BCUT2D eigenvalue weighted by Crippen LogP contribution is 2.29. The van der Waals surface area contributed by atoms with Crippen LogP contribution in [0.3, 0.4) is 0 Å². The number of methoxy groups -OCH3 is 2. The molecule has 0 saturated carbocycles. The molecule has 1 heterocycles. The average Bonchev–Trinajstić information content (AvgIpc) is 2.74. The molecule has 0 aliphatic carbocycles. The average molecular weight is 385 g/mol. The molecule has 0 fully saturated rings.